The summed E-state index contributed by atoms with van der Waals surface area (Å²) >= 11 is 1.69. The van der Waals surface area contributed by atoms with E-state index in [0.717, 1.165) is 23.5 Å². The van der Waals surface area contributed by atoms with Gasteiger partial charge in [-0.3, -0.25) is 15.0 Å². The smallest absolute Gasteiger partial charge is 0.249 e. The maximum absolute atomic E-state index is 14.8. The monoisotopic (exact) mass is 514 g/mol. The lowest BCUT2D eigenvalue weighted by atomic mass is 9.73. The molecule has 1 unspecified atom stereocenters. The fraction of sp³-hybridized carbons (Fsp3) is 0.423. The lowest BCUT2D eigenvalue weighted by Crippen LogP contribution is -2.48. The minimum atomic E-state index is -1.14. The molecule has 3 aromatic rings. The maximum Gasteiger partial charge on any atom is 0.249 e. The predicted molar refractivity (Wildman–Crippen MR) is 135 cm³/mol. The lowest BCUT2D eigenvalue weighted by molar-refractivity contribution is -0.143. The minimum absolute atomic E-state index is 0.141. The quantitative estimate of drug-likeness (QED) is 0.212. The number of aromatic nitrogens is 2. The van der Waals surface area contributed by atoms with Gasteiger partial charge < -0.3 is 14.7 Å². The molecule has 0 spiro atoms. The van der Waals surface area contributed by atoms with Crippen molar-refractivity contribution in [1.82, 2.24) is 20.3 Å². The highest BCUT2D eigenvalue weighted by Crippen LogP contribution is 2.40. The number of aliphatic hydroxyl groups excluding tert-OH is 1. The van der Waals surface area contributed by atoms with Crippen LogP contribution in [0.4, 0.5) is 4.39 Å². The van der Waals surface area contributed by atoms with E-state index in [2.05, 4.69) is 14.9 Å². The van der Waals surface area contributed by atoms with Crippen LogP contribution in [0.15, 0.2) is 53.8 Å². The van der Waals surface area contributed by atoms with Gasteiger partial charge >= 0.3 is 0 Å². The zero-order valence-electron chi connectivity index (χ0n) is 20.2. The van der Waals surface area contributed by atoms with Crippen LogP contribution < -0.4 is 10.2 Å². The number of aliphatic hydroxyl groups is 1. The molecule has 1 atom stereocenters. The van der Waals surface area contributed by atoms with Crippen molar-refractivity contribution >= 4 is 28.6 Å². The third kappa shape index (κ3) is 5.95. The van der Waals surface area contributed by atoms with E-state index >= 15 is 0 Å². The van der Waals surface area contributed by atoms with Crippen molar-refractivity contribution in [2.45, 2.75) is 36.8 Å². The van der Waals surface area contributed by atoms with Gasteiger partial charge in [-0.1, -0.05) is 6.07 Å². The number of carbonyl (C=O) groups is 1. The molecule has 3 heterocycles. The zero-order chi connectivity index (χ0) is 25.5. The molecule has 1 aromatic carbocycles. The standard InChI is InChI=1S/C26H31FN4O4S/c1-35-18-5-6-21-19(16-18)24(20(27)17-29-21)22(32)7-8-26(25(33)30-34)9-12-31(13-10-26)14-15-36-23-4-2-3-11-28-23/h2-6,11,16-17,22,32,34H,7-10,12-15H2,1H3,(H,30,33). The Morgan fingerprint density at radius 3 is 2.78 bits per heavy atom. The van der Waals surface area contributed by atoms with E-state index in [0.29, 0.717) is 49.0 Å². The number of fused-ring (bicyclic) bond motifs is 1. The molecule has 10 heteroatoms. The Labute approximate surface area is 213 Å². The summed E-state index contributed by atoms with van der Waals surface area (Å²) in [6.07, 6.45) is 3.28. The molecule has 1 aliphatic heterocycles. The Kier molecular flexibility index (Phi) is 8.73. The number of rotatable bonds is 10. The Morgan fingerprint density at radius 2 is 2.08 bits per heavy atom. The second-order valence-electron chi connectivity index (χ2n) is 9.04. The second-order valence-corrected chi connectivity index (χ2v) is 10.2. The molecule has 0 bridgehead atoms. The van der Waals surface area contributed by atoms with Gasteiger partial charge in [-0.25, -0.2) is 14.9 Å². The van der Waals surface area contributed by atoms with Gasteiger partial charge in [-0.2, -0.15) is 0 Å². The average Bonchev–Trinajstić information content (AvgIpc) is 2.92. The number of benzene rings is 1. The number of halogens is 1. The van der Waals surface area contributed by atoms with Crippen LogP contribution in [0.1, 0.15) is 37.4 Å². The van der Waals surface area contributed by atoms with Crippen LogP contribution in [-0.4, -0.2) is 63.6 Å². The largest absolute Gasteiger partial charge is 0.497 e. The van der Waals surface area contributed by atoms with Crippen molar-refractivity contribution in [3.05, 3.63) is 60.2 Å². The van der Waals surface area contributed by atoms with Crippen molar-refractivity contribution in [1.29, 1.82) is 0 Å². The summed E-state index contributed by atoms with van der Waals surface area (Å²) in [5.41, 5.74) is 1.67. The van der Waals surface area contributed by atoms with Crippen LogP contribution in [0.3, 0.4) is 0 Å². The summed E-state index contributed by atoms with van der Waals surface area (Å²) in [5.74, 6) is 0.350. The van der Waals surface area contributed by atoms with Gasteiger partial charge in [-0.05, 0) is 69.1 Å². The summed E-state index contributed by atoms with van der Waals surface area (Å²) in [5, 5.41) is 21.9. The van der Waals surface area contributed by atoms with Crippen LogP contribution in [0, 0.1) is 11.2 Å². The van der Waals surface area contributed by atoms with E-state index < -0.39 is 23.2 Å². The molecule has 1 fully saturated rings. The molecule has 1 aliphatic rings. The molecule has 1 saturated heterocycles. The van der Waals surface area contributed by atoms with Gasteiger partial charge in [0, 0.05) is 29.4 Å². The van der Waals surface area contributed by atoms with Gasteiger partial charge in [0.05, 0.1) is 35.4 Å². The molecule has 1 amide bonds. The summed E-state index contributed by atoms with van der Waals surface area (Å²) in [4.78, 5) is 23.4. The number of thioether (sulfide) groups is 1. The number of likely N-dealkylation sites (tertiary alicyclic amines) is 1. The summed E-state index contributed by atoms with van der Waals surface area (Å²) < 4.78 is 20.0. The first-order valence-electron chi connectivity index (χ1n) is 12.0. The molecule has 3 N–H and O–H groups in total. The van der Waals surface area contributed by atoms with Gasteiger partial charge in [0.1, 0.15) is 11.6 Å². The Hall–Kier alpha value is -2.79. The number of hydroxylamine groups is 1. The molecule has 4 rings (SSSR count). The molecule has 0 saturated carbocycles. The molecule has 36 heavy (non-hydrogen) atoms. The predicted octanol–water partition coefficient (Wildman–Crippen LogP) is 3.97. The Balaban J connectivity index is 1.40. The van der Waals surface area contributed by atoms with Crippen molar-refractivity contribution in [2.75, 3.05) is 32.5 Å². The summed E-state index contributed by atoms with van der Waals surface area (Å²) in [6.45, 7) is 2.24. The van der Waals surface area contributed by atoms with Gasteiger partial charge in [-0.15, -0.1) is 11.8 Å². The first-order chi connectivity index (χ1) is 17.5. The summed E-state index contributed by atoms with van der Waals surface area (Å²) in [6, 6.07) is 10.9. The molecular formula is C26H31FN4O4S. The van der Waals surface area contributed by atoms with Gasteiger partial charge in [0.15, 0.2) is 0 Å². The number of pyridine rings is 2. The summed E-state index contributed by atoms with van der Waals surface area (Å²) in [7, 11) is 1.52. The van der Waals surface area contributed by atoms with E-state index in [4.69, 9.17) is 4.74 Å². The number of amides is 1. The van der Waals surface area contributed by atoms with Crippen LogP contribution in [0.25, 0.3) is 10.9 Å². The number of nitrogens with one attached hydrogen (secondary N) is 1. The fourth-order valence-electron chi connectivity index (χ4n) is 4.82. The number of methoxy groups -OCH3 is 1. The highest BCUT2D eigenvalue weighted by atomic mass is 32.2. The highest BCUT2D eigenvalue weighted by molar-refractivity contribution is 7.99. The zero-order valence-corrected chi connectivity index (χ0v) is 21.0. The van der Waals surface area contributed by atoms with Crippen LogP contribution in [0.2, 0.25) is 0 Å². The number of piperidine rings is 1. The van der Waals surface area contributed by atoms with Crippen molar-refractivity contribution < 1.29 is 24.2 Å². The van der Waals surface area contributed by atoms with Crippen molar-refractivity contribution in [2.24, 2.45) is 5.41 Å². The van der Waals surface area contributed by atoms with E-state index in [1.807, 2.05) is 23.7 Å². The number of ether oxygens (including phenoxy) is 1. The molecular weight excluding hydrogens is 483 g/mol. The molecule has 0 radical (unpaired) electrons. The minimum Gasteiger partial charge on any atom is -0.497 e. The third-order valence-electron chi connectivity index (χ3n) is 6.99. The SMILES string of the molecule is COc1ccc2ncc(F)c(C(O)CCC3(C(=O)NO)CCN(CCSc4ccccn4)CC3)c2c1. The Bertz CT molecular complexity index is 1180. The van der Waals surface area contributed by atoms with E-state index in [1.165, 1.54) is 7.11 Å². The van der Waals surface area contributed by atoms with Crippen LogP contribution >= 0.6 is 11.8 Å². The maximum atomic E-state index is 14.8. The van der Waals surface area contributed by atoms with Crippen LogP contribution in [-0.2, 0) is 4.79 Å². The average molecular weight is 515 g/mol. The molecule has 8 nitrogen and oxygen atoms in total. The second kappa shape index (κ2) is 12.0. The fourth-order valence-corrected chi connectivity index (χ4v) is 5.69. The topological polar surface area (TPSA) is 108 Å². The van der Waals surface area contributed by atoms with E-state index in [9.17, 15) is 19.5 Å². The first kappa shape index (κ1) is 26.3. The normalized spacial score (nSPS) is 16.6. The number of carbonyl (C=O) groups excluding carboxylic acids is 1. The van der Waals surface area contributed by atoms with E-state index in [-0.39, 0.29) is 12.0 Å². The van der Waals surface area contributed by atoms with Gasteiger partial charge in [0.2, 0.25) is 5.91 Å². The number of nitrogens with zero attached hydrogens (tertiary/aromatic N) is 3. The number of hydrogen-bond acceptors (Lipinski definition) is 8. The van der Waals surface area contributed by atoms with E-state index in [1.54, 1.807) is 36.2 Å². The number of hydrogen-bond donors (Lipinski definition) is 3. The molecule has 2 aromatic heterocycles. The first-order valence-corrected chi connectivity index (χ1v) is 13.0. The third-order valence-corrected chi connectivity index (χ3v) is 7.91. The van der Waals surface area contributed by atoms with Crippen molar-refractivity contribution in [3.8, 4) is 5.75 Å². The lowest BCUT2D eigenvalue weighted by Gasteiger charge is -2.40. The van der Waals surface area contributed by atoms with Crippen molar-refractivity contribution in [3.63, 3.8) is 0 Å². The van der Waals surface area contributed by atoms with Crippen LogP contribution in [0.5, 0.6) is 5.75 Å². The van der Waals surface area contributed by atoms with Gasteiger partial charge in [0.25, 0.3) is 0 Å². The Morgan fingerprint density at radius 1 is 1.28 bits per heavy atom. The molecule has 192 valence electrons. The molecule has 0 aliphatic carbocycles. The highest BCUT2D eigenvalue weighted by Gasteiger charge is 2.41.